The van der Waals surface area contributed by atoms with Crippen LogP contribution in [0.15, 0.2) is 40.5 Å². The maximum atomic E-state index is 8.61. The molecule has 0 radical (unpaired) electrons. The van der Waals surface area contributed by atoms with Crippen LogP contribution >= 0.6 is 12.2 Å². The summed E-state index contributed by atoms with van der Waals surface area (Å²) in [4.78, 5) is 0.0941. The minimum absolute atomic E-state index is 0.0941. The Morgan fingerprint density at radius 3 is 2.93 bits per heavy atom. The van der Waals surface area contributed by atoms with Gasteiger partial charge in [0.15, 0.2) is 0 Å². The molecule has 0 spiro atoms. The lowest BCUT2D eigenvalue weighted by atomic mass is 10.2. The van der Waals surface area contributed by atoms with Crippen molar-refractivity contribution < 1.29 is 4.42 Å². The number of nitrogens with zero attached hydrogens (tertiary/aromatic N) is 1. The Morgan fingerprint density at radius 2 is 2.43 bits per heavy atom. The topological polar surface area (TPSA) is 63.0 Å². The molecule has 1 heterocycles. The summed E-state index contributed by atoms with van der Waals surface area (Å²) in [5.74, 6) is 0.710. The molecule has 14 heavy (non-hydrogen) atoms. The highest BCUT2D eigenvalue weighted by Gasteiger charge is 1.95. The van der Waals surface area contributed by atoms with E-state index in [1.807, 2.05) is 6.07 Å². The molecule has 1 aromatic heterocycles. The van der Waals surface area contributed by atoms with Gasteiger partial charge in [0.05, 0.1) is 11.8 Å². The SMILES string of the molecule is N#CC(=CC=Cc1ccco1)C(N)=S. The van der Waals surface area contributed by atoms with E-state index in [1.54, 1.807) is 36.6 Å². The summed E-state index contributed by atoms with van der Waals surface area (Å²) in [5, 5.41) is 8.61. The smallest absolute Gasteiger partial charge is 0.126 e. The fourth-order valence-corrected chi connectivity index (χ4v) is 0.913. The van der Waals surface area contributed by atoms with E-state index in [2.05, 4.69) is 12.2 Å². The minimum Gasteiger partial charge on any atom is -0.465 e. The summed E-state index contributed by atoms with van der Waals surface area (Å²) < 4.78 is 5.05. The van der Waals surface area contributed by atoms with Gasteiger partial charge in [-0.05, 0) is 24.3 Å². The molecular weight excluding hydrogens is 196 g/mol. The van der Waals surface area contributed by atoms with Crippen LogP contribution in [0.2, 0.25) is 0 Å². The van der Waals surface area contributed by atoms with Crippen molar-refractivity contribution in [1.82, 2.24) is 0 Å². The zero-order chi connectivity index (χ0) is 10.4. The van der Waals surface area contributed by atoms with Crippen molar-refractivity contribution in [2.45, 2.75) is 0 Å². The number of nitriles is 1. The molecule has 1 rings (SSSR count). The highest BCUT2D eigenvalue weighted by Crippen LogP contribution is 2.03. The van der Waals surface area contributed by atoms with E-state index in [0.717, 1.165) is 0 Å². The Morgan fingerprint density at radius 1 is 1.64 bits per heavy atom. The maximum Gasteiger partial charge on any atom is 0.126 e. The molecule has 0 saturated heterocycles. The zero-order valence-electron chi connectivity index (χ0n) is 7.31. The van der Waals surface area contributed by atoms with Gasteiger partial charge < -0.3 is 10.2 Å². The maximum absolute atomic E-state index is 8.61. The van der Waals surface area contributed by atoms with Crippen molar-refractivity contribution in [3.05, 3.63) is 41.9 Å². The number of hydrogen-bond donors (Lipinski definition) is 1. The predicted molar refractivity (Wildman–Crippen MR) is 58.2 cm³/mol. The van der Waals surface area contributed by atoms with Crippen LogP contribution in [0.5, 0.6) is 0 Å². The van der Waals surface area contributed by atoms with Crippen LogP contribution in [0.4, 0.5) is 0 Å². The van der Waals surface area contributed by atoms with Crippen LogP contribution in [-0.2, 0) is 0 Å². The average Bonchev–Trinajstić information content (AvgIpc) is 2.64. The van der Waals surface area contributed by atoms with Gasteiger partial charge in [0.25, 0.3) is 0 Å². The van der Waals surface area contributed by atoms with Gasteiger partial charge in [-0.3, -0.25) is 0 Å². The molecule has 0 amide bonds. The lowest BCUT2D eigenvalue weighted by Crippen LogP contribution is -2.09. The van der Waals surface area contributed by atoms with E-state index in [4.69, 9.17) is 15.4 Å². The summed E-state index contributed by atoms with van der Waals surface area (Å²) in [6.07, 6.45) is 6.50. The van der Waals surface area contributed by atoms with E-state index >= 15 is 0 Å². The van der Waals surface area contributed by atoms with E-state index < -0.39 is 0 Å². The van der Waals surface area contributed by atoms with Crippen LogP contribution in [-0.4, -0.2) is 4.99 Å². The summed E-state index contributed by atoms with van der Waals surface area (Å²) >= 11 is 4.66. The van der Waals surface area contributed by atoms with Crippen LogP contribution in [0, 0.1) is 11.3 Å². The van der Waals surface area contributed by atoms with Crippen molar-refractivity contribution >= 4 is 23.3 Å². The van der Waals surface area contributed by atoms with Crippen molar-refractivity contribution in [1.29, 1.82) is 5.26 Å². The molecule has 4 heteroatoms. The molecule has 0 bridgehead atoms. The second-order valence-electron chi connectivity index (χ2n) is 2.43. The van der Waals surface area contributed by atoms with Gasteiger partial charge in [-0.1, -0.05) is 18.3 Å². The Bertz CT molecular complexity index is 410. The van der Waals surface area contributed by atoms with Crippen LogP contribution < -0.4 is 5.73 Å². The molecule has 0 aliphatic heterocycles. The molecular formula is C10H8N2OS. The molecule has 0 atom stereocenters. The number of furan rings is 1. The molecule has 2 N–H and O–H groups in total. The highest BCUT2D eigenvalue weighted by molar-refractivity contribution is 7.80. The van der Waals surface area contributed by atoms with Crippen LogP contribution in [0.3, 0.4) is 0 Å². The third-order valence-electron chi connectivity index (χ3n) is 1.45. The summed E-state index contributed by atoms with van der Waals surface area (Å²) in [6.45, 7) is 0. The van der Waals surface area contributed by atoms with Gasteiger partial charge in [0.2, 0.25) is 0 Å². The monoisotopic (exact) mass is 204 g/mol. The lowest BCUT2D eigenvalue weighted by molar-refractivity contribution is 0.557. The first-order chi connectivity index (χ1) is 6.74. The van der Waals surface area contributed by atoms with Crippen molar-refractivity contribution in [2.24, 2.45) is 5.73 Å². The molecule has 0 fully saturated rings. The van der Waals surface area contributed by atoms with E-state index in [9.17, 15) is 0 Å². The Labute approximate surface area is 87.1 Å². The fraction of sp³-hybridized carbons (Fsp3) is 0. The van der Waals surface area contributed by atoms with Gasteiger partial charge in [-0.15, -0.1) is 0 Å². The van der Waals surface area contributed by atoms with E-state index in [0.29, 0.717) is 5.76 Å². The standard InChI is InChI=1S/C10H8N2OS/c11-7-8(10(12)14)3-1-4-9-5-2-6-13-9/h1-6H,(H2,12,14). The molecule has 0 aromatic carbocycles. The largest absolute Gasteiger partial charge is 0.465 e. The van der Waals surface area contributed by atoms with E-state index in [1.165, 1.54) is 0 Å². The fourth-order valence-electron chi connectivity index (χ4n) is 0.800. The van der Waals surface area contributed by atoms with Gasteiger partial charge in [-0.2, -0.15) is 5.26 Å². The first-order valence-electron chi connectivity index (χ1n) is 3.86. The quantitative estimate of drug-likeness (QED) is 0.354. The number of hydrogen-bond acceptors (Lipinski definition) is 3. The van der Waals surface area contributed by atoms with Crippen LogP contribution in [0.1, 0.15) is 5.76 Å². The molecule has 0 unspecified atom stereocenters. The minimum atomic E-state index is 0.0941. The third-order valence-corrected chi connectivity index (χ3v) is 1.67. The molecule has 0 saturated carbocycles. The number of thiocarbonyl (C=S) groups is 1. The molecule has 70 valence electrons. The Balaban J connectivity index is 2.71. The van der Waals surface area contributed by atoms with Crippen molar-refractivity contribution in [3.63, 3.8) is 0 Å². The summed E-state index contributed by atoms with van der Waals surface area (Å²) in [7, 11) is 0. The van der Waals surface area contributed by atoms with E-state index in [-0.39, 0.29) is 10.6 Å². The number of rotatable bonds is 3. The van der Waals surface area contributed by atoms with Gasteiger partial charge >= 0.3 is 0 Å². The Hall–Kier alpha value is -1.86. The van der Waals surface area contributed by atoms with Gasteiger partial charge in [-0.25, -0.2) is 0 Å². The first kappa shape index (κ1) is 10.2. The van der Waals surface area contributed by atoms with Crippen molar-refractivity contribution in [2.75, 3.05) is 0 Å². The molecule has 0 aliphatic carbocycles. The second-order valence-corrected chi connectivity index (χ2v) is 2.87. The van der Waals surface area contributed by atoms with Crippen molar-refractivity contribution in [3.8, 4) is 6.07 Å². The highest BCUT2D eigenvalue weighted by atomic mass is 32.1. The molecule has 1 aromatic rings. The predicted octanol–water partition coefficient (Wildman–Crippen LogP) is 2.03. The average molecular weight is 204 g/mol. The van der Waals surface area contributed by atoms with Crippen LogP contribution in [0.25, 0.3) is 6.08 Å². The lowest BCUT2D eigenvalue weighted by Gasteiger charge is -1.89. The number of nitrogens with two attached hydrogens (primary N) is 1. The normalized spacial score (nSPS) is 11.5. The summed E-state index contributed by atoms with van der Waals surface area (Å²) in [6, 6.07) is 5.48. The first-order valence-corrected chi connectivity index (χ1v) is 4.26. The van der Waals surface area contributed by atoms with Gasteiger partial charge in [0, 0.05) is 0 Å². The number of allylic oxidation sites excluding steroid dienone is 2. The zero-order valence-corrected chi connectivity index (χ0v) is 8.12. The Kier molecular flexibility index (Phi) is 3.65. The van der Waals surface area contributed by atoms with Gasteiger partial charge in [0.1, 0.15) is 16.8 Å². The molecule has 3 nitrogen and oxygen atoms in total. The second kappa shape index (κ2) is 5.00. The third kappa shape index (κ3) is 2.88. The summed E-state index contributed by atoms with van der Waals surface area (Å²) in [5.41, 5.74) is 5.57. The molecule has 0 aliphatic rings.